The van der Waals surface area contributed by atoms with Crippen LogP contribution < -0.4 is 19.6 Å². The minimum absolute atomic E-state index is 0.00588. The molecule has 0 radical (unpaired) electrons. The van der Waals surface area contributed by atoms with Crippen molar-refractivity contribution in [2.75, 3.05) is 13.7 Å². The van der Waals surface area contributed by atoms with Crippen molar-refractivity contribution in [3.8, 4) is 40.1 Å². The van der Waals surface area contributed by atoms with E-state index in [0.29, 0.717) is 23.5 Å². The molecule has 3 aromatic carbocycles. The molecule has 0 saturated carbocycles. The van der Waals surface area contributed by atoms with Crippen LogP contribution in [0.4, 0.5) is 0 Å². The average Bonchev–Trinajstić information content (AvgIpc) is 2.86. The molecule has 4 aromatic rings. The fraction of sp³-hybridized carbons (Fsp3) is 0.172. The zero-order chi connectivity index (χ0) is 26.3. The van der Waals surface area contributed by atoms with Gasteiger partial charge in [0.2, 0.25) is 0 Å². The minimum Gasteiger partial charge on any atom is -0.507 e. The van der Waals surface area contributed by atoms with Gasteiger partial charge < -0.3 is 28.8 Å². The van der Waals surface area contributed by atoms with Gasteiger partial charge >= 0.3 is 5.97 Å². The molecule has 0 aliphatic carbocycles. The zero-order valence-corrected chi connectivity index (χ0v) is 20.2. The maximum atomic E-state index is 13.2. The number of hydrogen-bond donors (Lipinski definition) is 2. The highest BCUT2D eigenvalue weighted by atomic mass is 16.5. The number of methoxy groups -OCH3 is 1. The van der Waals surface area contributed by atoms with Crippen LogP contribution in [-0.2, 0) is 4.79 Å². The molecule has 37 heavy (non-hydrogen) atoms. The maximum absolute atomic E-state index is 13.2. The van der Waals surface area contributed by atoms with Crippen LogP contribution in [0, 0.1) is 0 Å². The van der Waals surface area contributed by atoms with Crippen molar-refractivity contribution < 1.29 is 33.6 Å². The summed E-state index contributed by atoms with van der Waals surface area (Å²) in [5, 5.41) is 20.9. The molecule has 2 heterocycles. The van der Waals surface area contributed by atoms with E-state index in [4.69, 9.17) is 18.6 Å². The van der Waals surface area contributed by atoms with Crippen LogP contribution in [0.5, 0.6) is 28.7 Å². The molecule has 188 valence electrons. The van der Waals surface area contributed by atoms with E-state index in [2.05, 4.69) is 6.58 Å². The van der Waals surface area contributed by atoms with Gasteiger partial charge in [0, 0.05) is 29.2 Å². The van der Waals surface area contributed by atoms with E-state index in [1.165, 1.54) is 25.3 Å². The van der Waals surface area contributed by atoms with Crippen LogP contribution in [-0.4, -0.2) is 29.9 Å². The molecule has 5 rings (SSSR count). The molecular formula is C29H24O8. The summed E-state index contributed by atoms with van der Waals surface area (Å²) in [7, 11) is 1.43. The van der Waals surface area contributed by atoms with E-state index >= 15 is 0 Å². The van der Waals surface area contributed by atoms with E-state index in [9.17, 15) is 19.8 Å². The number of fused-ring (bicyclic) bond motifs is 3. The minimum atomic E-state index is -0.532. The van der Waals surface area contributed by atoms with Crippen LogP contribution in [0.25, 0.3) is 22.3 Å². The fourth-order valence-electron chi connectivity index (χ4n) is 4.46. The van der Waals surface area contributed by atoms with Gasteiger partial charge in [-0.3, -0.25) is 9.59 Å². The Morgan fingerprint density at radius 3 is 2.62 bits per heavy atom. The third-order valence-corrected chi connectivity index (χ3v) is 6.13. The van der Waals surface area contributed by atoms with Crippen LogP contribution in [0.2, 0.25) is 0 Å². The second kappa shape index (κ2) is 9.39. The first-order valence-corrected chi connectivity index (χ1v) is 11.5. The van der Waals surface area contributed by atoms with Crippen molar-refractivity contribution >= 4 is 16.9 Å². The Kier molecular flexibility index (Phi) is 6.09. The molecule has 0 saturated heterocycles. The summed E-state index contributed by atoms with van der Waals surface area (Å²) in [5.74, 6) is -0.367. The van der Waals surface area contributed by atoms with Crippen molar-refractivity contribution in [3.63, 3.8) is 0 Å². The molecule has 0 fully saturated rings. The number of rotatable bonds is 6. The summed E-state index contributed by atoms with van der Waals surface area (Å²) in [6.07, 6.45) is -0.00588. The number of carbonyl (C=O) groups is 1. The molecule has 1 atom stereocenters. The summed E-state index contributed by atoms with van der Waals surface area (Å²) >= 11 is 0. The van der Waals surface area contributed by atoms with Crippen LogP contribution in [0.15, 0.2) is 76.0 Å². The maximum Gasteiger partial charge on any atom is 0.312 e. The largest absolute Gasteiger partial charge is 0.507 e. The Balaban J connectivity index is 1.71. The molecule has 0 spiro atoms. The van der Waals surface area contributed by atoms with Gasteiger partial charge in [-0.25, -0.2) is 0 Å². The molecular weight excluding hydrogens is 476 g/mol. The highest BCUT2D eigenvalue weighted by Crippen LogP contribution is 2.46. The lowest BCUT2D eigenvalue weighted by Gasteiger charge is -2.26. The number of esters is 1. The number of hydrogen-bond acceptors (Lipinski definition) is 8. The Morgan fingerprint density at radius 1 is 1.08 bits per heavy atom. The number of ether oxygens (including phenoxy) is 3. The summed E-state index contributed by atoms with van der Waals surface area (Å²) in [6, 6.07) is 14.4. The fourth-order valence-corrected chi connectivity index (χ4v) is 4.46. The predicted molar refractivity (Wildman–Crippen MR) is 137 cm³/mol. The van der Waals surface area contributed by atoms with Gasteiger partial charge in [0.25, 0.3) is 0 Å². The number of aromatic hydroxyl groups is 2. The molecule has 2 N–H and O–H groups in total. The average molecular weight is 501 g/mol. The van der Waals surface area contributed by atoms with Crippen molar-refractivity contribution in [2.45, 2.75) is 19.3 Å². The highest BCUT2D eigenvalue weighted by Gasteiger charge is 2.34. The predicted octanol–water partition coefficient (Wildman–Crippen LogP) is 5.28. The first-order chi connectivity index (χ1) is 17.7. The molecule has 8 nitrogen and oxygen atoms in total. The molecule has 8 heteroatoms. The molecule has 1 aliphatic heterocycles. The van der Waals surface area contributed by atoms with Crippen LogP contribution in [0.1, 0.15) is 30.4 Å². The van der Waals surface area contributed by atoms with Gasteiger partial charge in [0.15, 0.2) is 16.9 Å². The van der Waals surface area contributed by atoms with Gasteiger partial charge in [-0.1, -0.05) is 18.7 Å². The van der Waals surface area contributed by atoms with Gasteiger partial charge in [-0.05, 0) is 48.4 Å². The number of phenolic OH excluding ortho intramolecular Hbond substituents is 2. The molecule has 0 amide bonds. The Morgan fingerprint density at radius 2 is 1.89 bits per heavy atom. The van der Waals surface area contributed by atoms with E-state index in [1.54, 1.807) is 18.2 Å². The zero-order valence-electron chi connectivity index (χ0n) is 20.2. The molecule has 0 unspecified atom stereocenters. The van der Waals surface area contributed by atoms with Crippen molar-refractivity contribution in [2.24, 2.45) is 0 Å². The first kappa shape index (κ1) is 24.0. The first-order valence-electron chi connectivity index (χ1n) is 11.5. The third-order valence-electron chi connectivity index (χ3n) is 6.13. The summed E-state index contributed by atoms with van der Waals surface area (Å²) < 4.78 is 22.5. The number of carbonyl (C=O) groups excluding carboxylic acids is 1. The highest BCUT2D eigenvalue weighted by molar-refractivity contribution is 5.93. The lowest BCUT2D eigenvalue weighted by molar-refractivity contribution is -0.135. The summed E-state index contributed by atoms with van der Waals surface area (Å²) in [5.41, 5.74) is 2.10. The summed E-state index contributed by atoms with van der Waals surface area (Å²) in [4.78, 5) is 25.7. The van der Waals surface area contributed by atoms with Crippen molar-refractivity contribution in [3.05, 3.63) is 88.1 Å². The lowest BCUT2D eigenvalue weighted by Crippen LogP contribution is -2.22. The van der Waals surface area contributed by atoms with Crippen LogP contribution in [0.3, 0.4) is 0 Å². The second-order valence-electron chi connectivity index (χ2n) is 8.92. The molecule has 1 aromatic heterocycles. The number of phenols is 2. The van der Waals surface area contributed by atoms with E-state index in [0.717, 1.165) is 11.1 Å². The van der Waals surface area contributed by atoms with Gasteiger partial charge in [0.05, 0.1) is 13.5 Å². The standard InChI is InChI=1S/C29H24O8/c1-15(2)14-35-18-6-4-5-16(9-18)19-11-26(33)36-25-13-22(32)28-21(31)12-24(37-29(28)27(19)25)17-7-8-23(34-3)20(30)10-17/h4-10,12-13,19,30,32H,1,11,14H2,2-3H3/t19-/m0/s1. The normalized spacial score (nSPS) is 14.6. The summed E-state index contributed by atoms with van der Waals surface area (Å²) in [6.45, 7) is 6.05. The van der Waals surface area contributed by atoms with Crippen molar-refractivity contribution in [1.29, 1.82) is 0 Å². The Labute approximate surface area is 212 Å². The van der Waals surface area contributed by atoms with E-state index in [1.807, 2.05) is 25.1 Å². The van der Waals surface area contributed by atoms with Gasteiger partial charge in [-0.2, -0.15) is 0 Å². The lowest BCUT2D eigenvalue weighted by atomic mass is 9.85. The molecule has 1 aliphatic rings. The van der Waals surface area contributed by atoms with Crippen LogP contribution >= 0.6 is 0 Å². The quantitative estimate of drug-likeness (QED) is 0.209. The van der Waals surface area contributed by atoms with Gasteiger partial charge in [-0.15, -0.1) is 0 Å². The van der Waals surface area contributed by atoms with E-state index in [-0.39, 0.29) is 46.1 Å². The van der Waals surface area contributed by atoms with Crippen molar-refractivity contribution in [1.82, 2.24) is 0 Å². The van der Waals surface area contributed by atoms with Gasteiger partial charge in [0.1, 0.15) is 40.6 Å². The second-order valence-corrected chi connectivity index (χ2v) is 8.92. The smallest absolute Gasteiger partial charge is 0.312 e. The SMILES string of the molecule is C=C(C)COc1cccc([C@@H]2CC(=O)Oc3cc(O)c4c(=O)cc(-c5ccc(OC)c(O)c5)oc4c32)c1. The van der Waals surface area contributed by atoms with E-state index < -0.39 is 17.3 Å². The topological polar surface area (TPSA) is 115 Å². The third kappa shape index (κ3) is 4.49. The Hall–Kier alpha value is -4.72. The number of benzene rings is 3. The monoisotopic (exact) mass is 500 g/mol. The molecule has 0 bridgehead atoms. The Bertz CT molecular complexity index is 1610.